The highest BCUT2D eigenvalue weighted by atomic mass is 32.1. The van der Waals surface area contributed by atoms with Crippen LogP contribution in [0.1, 0.15) is 22.5 Å². The van der Waals surface area contributed by atoms with Crippen LogP contribution in [0, 0.1) is 19.7 Å². The van der Waals surface area contributed by atoms with E-state index in [0.717, 1.165) is 23.2 Å². The van der Waals surface area contributed by atoms with Gasteiger partial charge in [-0.2, -0.15) is 0 Å². The molecule has 1 N–H and O–H groups in total. The van der Waals surface area contributed by atoms with Crippen LogP contribution in [-0.2, 0) is 6.54 Å². The van der Waals surface area contributed by atoms with E-state index < -0.39 is 0 Å². The highest BCUT2D eigenvalue weighted by Gasteiger charge is 2.08. The van der Waals surface area contributed by atoms with Gasteiger partial charge < -0.3 is 15.0 Å². The quantitative estimate of drug-likeness (QED) is 0.604. The van der Waals surface area contributed by atoms with E-state index in [9.17, 15) is 4.39 Å². The zero-order valence-corrected chi connectivity index (χ0v) is 16.0. The van der Waals surface area contributed by atoms with Crippen molar-refractivity contribution >= 4 is 17.3 Å². The van der Waals surface area contributed by atoms with Crippen molar-refractivity contribution in [1.82, 2.24) is 15.2 Å². The van der Waals surface area contributed by atoms with Gasteiger partial charge in [-0.1, -0.05) is 0 Å². The summed E-state index contributed by atoms with van der Waals surface area (Å²) in [4.78, 5) is 12.3. The Morgan fingerprint density at radius 2 is 2.04 bits per heavy atom. The Morgan fingerprint density at radius 3 is 2.64 bits per heavy atom. The monoisotopic (exact) mass is 364 g/mol. The highest BCUT2D eigenvalue weighted by molar-refractivity contribution is 7.11. The third kappa shape index (κ3) is 6.01. The molecule has 0 spiro atoms. The lowest BCUT2D eigenvalue weighted by atomic mass is 10.3. The molecule has 5 nitrogen and oxygen atoms in total. The van der Waals surface area contributed by atoms with Gasteiger partial charge in [0.15, 0.2) is 5.96 Å². The Balaban J connectivity index is 1.90. The third-order valence-electron chi connectivity index (χ3n) is 3.58. The standard InChI is InChI=1S/C18H25FN4OS/c1-5-20-18(21-12-17-13(2)22-14(3)25-17)23(4)10-11-24-16-8-6-15(19)7-9-16/h6-9H,5,10-12H2,1-4H3,(H,20,21). The molecule has 0 radical (unpaired) electrons. The molecule has 0 unspecified atom stereocenters. The molecule has 136 valence electrons. The molecule has 0 fully saturated rings. The summed E-state index contributed by atoms with van der Waals surface area (Å²) in [5, 5.41) is 4.35. The van der Waals surface area contributed by atoms with E-state index >= 15 is 0 Å². The van der Waals surface area contributed by atoms with E-state index in [1.54, 1.807) is 23.5 Å². The summed E-state index contributed by atoms with van der Waals surface area (Å²) in [5.41, 5.74) is 1.05. The van der Waals surface area contributed by atoms with Crippen LogP contribution < -0.4 is 10.1 Å². The van der Waals surface area contributed by atoms with Gasteiger partial charge in [0.25, 0.3) is 0 Å². The van der Waals surface area contributed by atoms with Crippen LogP contribution in [0.3, 0.4) is 0 Å². The van der Waals surface area contributed by atoms with Gasteiger partial charge in [0.1, 0.15) is 18.2 Å². The predicted octanol–water partition coefficient (Wildman–Crippen LogP) is 3.38. The Kier molecular flexibility index (Phi) is 7.18. The van der Waals surface area contributed by atoms with E-state index in [1.165, 1.54) is 17.0 Å². The smallest absolute Gasteiger partial charge is 0.194 e. The zero-order chi connectivity index (χ0) is 18.2. The summed E-state index contributed by atoms with van der Waals surface area (Å²) >= 11 is 1.68. The van der Waals surface area contributed by atoms with Crippen LogP contribution in [0.5, 0.6) is 5.75 Å². The number of benzene rings is 1. The number of nitrogens with zero attached hydrogens (tertiary/aromatic N) is 3. The lowest BCUT2D eigenvalue weighted by Gasteiger charge is -2.22. The molecule has 1 aromatic heterocycles. The normalized spacial score (nSPS) is 11.5. The summed E-state index contributed by atoms with van der Waals surface area (Å²) in [6.45, 7) is 8.64. The fourth-order valence-electron chi connectivity index (χ4n) is 2.27. The van der Waals surface area contributed by atoms with E-state index in [4.69, 9.17) is 9.73 Å². The van der Waals surface area contributed by atoms with Crippen molar-refractivity contribution in [2.45, 2.75) is 27.3 Å². The van der Waals surface area contributed by atoms with Crippen molar-refractivity contribution in [2.24, 2.45) is 4.99 Å². The fourth-order valence-corrected chi connectivity index (χ4v) is 3.14. The Bertz CT molecular complexity index is 700. The largest absolute Gasteiger partial charge is 0.492 e. The molecule has 0 aliphatic carbocycles. The van der Waals surface area contributed by atoms with E-state index in [0.29, 0.717) is 25.4 Å². The number of ether oxygens (including phenoxy) is 1. The van der Waals surface area contributed by atoms with Crippen LogP contribution >= 0.6 is 11.3 Å². The first-order valence-electron chi connectivity index (χ1n) is 8.30. The van der Waals surface area contributed by atoms with Gasteiger partial charge in [-0.25, -0.2) is 14.4 Å². The molecule has 25 heavy (non-hydrogen) atoms. The van der Waals surface area contributed by atoms with E-state index in [-0.39, 0.29) is 5.82 Å². The molecule has 1 heterocycles. The lowest BCUT2D eigenvalue weighted by molar-refractivity contribution is 0.281. The van der Waals surface area contributed by atoms with Crippen LogP contribution in [0.2, 0.25) is 0 Å². The van der Waals surface area contributed by atoms with Crippen LogP contribution in [0.25, 0.3) is 0 Å². The second kappa shape index (κ2) is 9.36. The maximum Gasteiger partial charge on any atom is 0.194 e. The predicted molar refractivity (Wildman–Crippen MR) is 101 cm³/mol. The number of aromatic nitrogens is 1. The number of halogens is 1. The second-order valence-corrected chi connectivity index (χ2v) is 6.92. The molecular weight excluding hydrogens is 339 g/mol. The number of guanidine groups is 1. The van der Waals surface area contributed by atoms with Crippen molar-refractivity contribution in [3.63, 3.8) is 0 Å². The van der Waals surface area contributed by atoms with E-state index in [1.807, 2.05) is 32.7 Å². The molecule has 1 aromatic carbocycles. The highest BCUT2D eigenvalue weighted by Crippen LogP contribution is 2.18. The summed E-state index contributed by atoms with van der Waals surface area (Å²) in [6.07, 6.45) is 0. The fraction of sp³-hybridized carbons (Fsp3) is 0.444. The van der Waals surface area contributed by atoms with Crippen LogP contribution in [0.15, 0.2) is 29.3 Å². The lowest BCUT2D eigenvalue weighted by Crippen LogP contribution is -2.40. The molecule has 0 amide bonds. The average molecular weight is 364 g/mol. The molecular formula is C18H25FN4OS. The molecule has 2 rings (SSSR count). The Labute approximate surface area is 152 Å². The van der Waals surface area contributed by atoms with Gasteiger partial charge in [-0.05, 0) is 45.0 Å². The minimum atomic E-state index is -0.264. The third-order valence-corrected chi connectivity index (χ3v) is 4.64. The number of thiazole rings is 1. The maximum atomic E-state index is 12.9. The molecule has 0 aliphatic heterocycles. The van der Waals surface area contributed by atoms with E-state index in [2.05, 4.69) is 10.3 Å². The Morgan fingerprint density at radius 1 is 1.32 bits per heavy atom. The first-order valence-corrected chi connectivity index (χ1v) is 9.12. The first kappa shape index (κ1) is 19.2. The minimum Gasteiger partial charge on any atom is -0.492 e. The number of hydrogen-bond donors (Lipinski definition) is 1. The molecule has 0 bridgehead atoms. The average Bonchev–Trinajstić information content (AvgIpc) is 2.90. The maximum absolute atomic E-state index is 12.9. The Hall–Kier alpha value is -2.15. The molecule has 2 aromatic rings. The molecule has 0 atom stereocenters. The molecule has 0 saturated heterocycles. The van der Waals surface area contributed by atoms with Gasteiger partial charge in [0.2, 0.25) is 0 Å². The van der Waals surface area contributed by atoms with Gasteiger partial charge in [0.05, 0.1) is 23.8 Å². The number of rotatable bonds is 7. The van der Waals surface area contributed by atoms with Gasteiger partial charge >= 0.3 is 0 Å². The zero-order valence-electron chi connectivity index (χ0n) is 15.2. The summed E-state index contributed by atoms with van der Waals surface area (Å²) in [5.74, 6) is 1.22. The molecule has 0 aliphatic rings. The second-order valence-electron chi connectivity index (χ2n) is 5.64. The van der Waals surface area contributed by atoms with Gasteiger partial charge in [0, 0.05) is 18.5 Å². The first-order chi connectivity index (χ1) is 12.0. The number of nitrogens with one attached hydrogen (secondary N) is 1. The van der Waals surface area contributed by atoms with Crippen LogP contribution in [0.4, 0.5) is 4.39 Å². The van der Waals surface area contributed by atoms with Gasteiger partial charge in [-0.15, -0.1) is 11.3 Å². The number of likely N-dealkylation sites (N-methyl/N-ethyl adjacent to an activating group) is 1. The molecule has 7 heteroatoms. The van der Waals surface area contributed by atoms with Crippen molar-refractivity contribution in [3.8, 4) is 5.75 Å². The summed E-state index contributed by atoms with van der Waals surface area (Å²) < 4.78 is 18.5. The van der Waals surface area contributed by atoms with Gasteiger partial charge in [-0.3, -0.25) is 0 Å². The van der Waals surface area contributed by atoms with Crippen LogP contribution in [-0.4, -0.2) is 42.6 Å². The summed E-state index contributed by atoms with van der Waals surface area (Å²) in [6, 6.07) is 6.04. The number of hydrogen-bond acceptors (Lipinski definition) is 4. The van der Waals surface area contributed by atoms with Crippen molar-refractivity contribution in [2.75, 3.05) is 26.7 Å². The van der Waals surface area contributed by atoms with Crippen molar-refractivity contribution in [3.05, 3.63) is 45.7 Å². The van der Waals surface area contributed by atoms with Crippen molar-refractivity contribution in [1.29, 1.82) is 0 Å². The topological polar surface area (TPSA) is 49.8 Å². The number of aliphatic imine (C=N–C) groups is 1. The minimum absolute atomic E-state index is 0.264. The number of aryl methyl sites for hydroxylation is 2. The summed E-state index contributed by atoms with van der Waals surface area (Å²) in [7, 11) is 1.97. The molecule has 0 saturated carbocycles. The SMILES string of the molecule is CCNC(=NCc1sc(C)nc1C)N(C)CCOc1ccc(F)cc1. The van der Waals surface area contributed by atoms with Crippen molar-refractivity contribution < 1.29 is 9.13 Å².